The number of rotatable bonds is 2. The maximum absolute atomic E-state index is 9.31. The molecule has 12 heavy (non-hydrogen) atoms. The molecule has 4 heteroatoms. The van der Waals surface area contributed by atoms with Crippen molar-refractivity contribution in [3.8, 4) is 11.5 Å². The number of ether oxygens (including phenoxy) is 1. The zero-order chi connectivity index (χ0) is 9.19. The van der Waals surface area contributed by atoms with E-state index in [1.807, 2.05) is 0 Å². The molecule has 0 saturated heterocycles. The quantitative estimate of drug-likeness (QED) is 0.849. The smallest absolute Gasteiger partial charge is 0.215 e. The molecule has 0 atom stereocenters. The predicted octanol–water partition coefficient (Wildman–Crippen LogP) is 3.23. The summed E-state index contributed by atoms with van der Waals surface area (Å²) >= 11 is 6.47. The number of aromatic hydroxyl groups is 1. The van der Waals surface area contributed by atoms with Gasteiger partial charge in [0.15, 0.2) is 11.5 Å². The first-order chi connectivity index (χ1) is 5.49. The summed E-state index contributed by atoms with van der Waals surface area (Å²) < 4.78 is 4.68. The number of phenols is 1. The lowest BCUT2D eigenvalue weighted by Gasteiger charge is -2.17. The molecular weight excluding hydrogens is 288 g/mol. The van der Waals surface area contributed by atoms with E-state index in [0.29, 0.717) is 5.75 Å². The SMILES string of the molecule is CC(Br)(Br)Oc1ccccc1O. The van der Waals surface area contributed by atoms with Crippen LogP contribution in [0.3, 0.4) is 0 Å². The minimum Gasteiger partial charge on any atom is -0.504 e. The van der Waals surface area contributed by atoms with Crippen LogP contribution in [-0.2, 0) is 0 Å². The number of hydrogen-bond acceptors (Lipinski definition) is 2. The molecule has 0 aliphatic heterocycles. The highest BCUT2D eigenvalue weighted by molar-refractivity contribution is 9.25. The second kappa shape index (κ2) is 3.66. The fourth-order valence-corrected chi connectivity index (χ4v) is 1.09. The van der Waals surface area contributed by atoms with Crippen LogP contribution in [0.2, 0.25) is 0 Å². The van der Waals surface area contributed by atoms with Gasteiger partial charge in [-0.05, 0) is 50.9 Å². The topological polar surface area (TPSA) is 29.5 Å². The van der Waals surface area contributed by atoms with Crippen LogP contribution < -0.4 is 4.74 Å². The highest BCUT2D eigenvalue weighted by atomic mass is 79.9. The Balaban J connectivity index is 2.83. The molecule has 0 unspecified atom stereocenters. The number of phenolic OH excluding ortho intramolecular Hbond substituents is 1. The Kier molecular flexibility index (Phi) is 3.01. The summed E-state index contributed by atoms with van der Waals surface area (Å²) in [5.74, 6) is 0.566. The molecule has 1 N–H and O–H groups in total. The first-order valence-electron chi connectivity index (χ1n) is 3.34. The van der Waals surface area contributed by atoms with Crippen molar-refractivity contribution in [2.75, 3.05) is 0 Å². The molecule has 1 aromatic rings. The van der Waals surface area contributed by atoms with E-state index >= 15 is 0 Å². The second-order valence-electron chi connectivity index (χ2n) is 2.38. The van der Waals surface area contributed by atoms with Gasteiger partial charge < -0.3 is 9.84 Å². The van der Waals surface area contributed by atoms with Crippen molar-refractivity contribution >= 4 is 31.9 Å². The van der Waals surface area contributed by atoms with Gasteiger partial charge in [-0.1, -0.05) is 12.1 Å². The van der Waals surface area contributed by atoms with Crippen molar-refractivity contribution in [1.82, 2.24) is 0 Å². The molecule has 0 radical (unpaired) electrons. The number of halogens is 2. The highest BCUT2D eigenvalue weighted by Crippen LogP contribution is 2.34. The van der Waals surface area contributed by atoms with Crippen molar-refractivity contribution < 1.29 is 9.84 Å². The van der Waals surface area contributed by atoms with Crippen LogP contribution in [0.15, 0.2) is 24.3 Å². The summed E-state index contributed by atoms with van der Waals surface area (Å²) in [4.78, 5) is 0. The highest BCUT2D eigenvalue weighted by Gasteiger charge is 2.18. The van der Waals surface area contributed by atoms with E-state index in [2.05, 4.69) is 31.9 Å². The van der Waals surface area contributed by atoms with Gasteiger partial charge in [0.2, 0.25) is 3.42 Å². The third-order valence-corrected chi connectivity index (χ3v) is 1.48. The van der Waals surface area contributed by atoms with Crippen LogP contribution in [-0.4, -0.2) is 8.53 Å². The summed E-state index contributed by atoms with van der Waals surface area (Å²) in [6, 6.07) is 6.79. The lowest BCUT2D eigenvalue weighted by atomic mass is 10.3. The van der Waals surface area contributed by atoms with Gasteiger partial charge in [0.1, 0.15) is 0 Å². The van der Waals surface area contributed by atoms with Crippen molar-refractivity contribution in [3.05, 3.63) is 24.3 Å². The molecule has 0 spiro atoms. The molecule has 1 rings (SSSR count). The average molecular weight is 296 g/mol. The van der Waals surface area contributed by atoms with Crippen LogP contribution in [0.25, 0.3) is 0 Å². The van der Waals surface area contributed by atoms with Gasteiger partial charge in [-0.2, -0.15) is 0 Å². The monoisotopic (exact) mass is 294 g/mol. The van der Waals surface area contributed by atoms with Crippen molar-refractivity contribution in [1.29, 1.82) is 0 Å². The third kappa shape index (κ3) is 3.03. The van der Waals surface area contributed by atoms with E-state index in [1.165, 1.54) is 0 Å². The van der Waals surface area contributed by atoms with Gasteiger partial charge in [-0.3, -0.25) is 0 Å². The first-order valence-corrected chi connectivity index (χ1v) is 4.92. The summed E-state index contributed by atoms with van der Waals surface area (Å²) in [5, 5.41) is 9.31. The summed E-state index contributed by atoms with van der Waals surface area (Å²) in [5.41, 5.74) is 0. The molecular formula is C8H8Br2O2. The number of hydrogen-bond donors (Lipinski definition) is 1. The van der Waals surface area contributed by atoms with Gasteiger partial charge in [-0.15, -0.1) is 0 Å². The fraction of sp³-hybridized carbons (Fsp3) is 0.250. The molecule has 0 aromatic heterocycles. The predicted molar refractivity (Wildman–Crippen MR) is 55.0 cm³/mol. The minimum absolute atomic E-state index is 0.127. The van der Waals surface area contributed by atoms with Crippen LogP contribution in [0.5, 0.6) is 11.5 Å². The molecule has 0 amide bonds. The normalized spacial score (nSPS) is 11.2. The summed E-state index contributed by atoms with van der Waals surface area (Å²) in [6.07, 6.45) is 0. The van der Waals surface area contributed by atoms with E-state index in [4.69, 9.17) is 4.74 Å². The Morgan fingerprint density at radius 2 is 1.92 bits per heavy atom. The van der Waals surface area contributed by atoms with Crippen LogP contribution in [0.1, 0.15) is 6.92 Å². The molecule has 66 valence electrons. The van der Waals surface area contributed by atoms with E-state index in [0.717, 1.165) is 0 Å². The molecule has 1 aromatic carbocycles. The summed E-state index contributed by atoms with van der Waals surface area (Å²) in [6.45, 7) is 1.78. The number of para-hydroxylation sites is 2. The third-order valence-electron chi connectivity index (χ3n) is 1.15. The van der Waals surface area contributed by atoms with E-state index in [9.17, 15) is 5.11 Å². The number of benzene rings is 1. The average Bonchev–Trinajstić information content (AvgIpc) is 1.91. The van der Waals surface area contributed by atoms with Crippen LogP contribution in [0.4, 0.5) is 0 Å². The standard InChI is InChI=1S/C8H8Br2O2/c1-8(9,10)12-7-5-3-2-4-6(7)11/h2-5,11H,1H3. The van der Waals surface area contributed by atoms with Crippen molar-refractivity contribution in [2.45, 2.75) is 10.3 Å². The van der Waals surface area contributed by atoms with Gasteiger partial charge in [-0.25, -0.2) is 0 Å². The van der Waals surface area contributed by atoms with Crippen molar-refractivity contribution in [3.63, 3.8) is 0 Å². The van der Waals surface area contributed by atoms with Gasteiger partial charge in [0.05, 0.1) is 0 Å². The van der Waals surface area contributed by atoms with Gasteiger partial charge in [0, 0.05) is 0 Å². The van der Waals surface area contributed by atoms with Crippen LogP contribution >= 0.6 is 31.9 Å². The van der Waals surface area contributed by atoms with Crippen molar-refractivity contribution in [2.24, 2.45) is 0 Å². The fourth-order valence-electron chi connectivity index (χ4n) is 0.737. The van der Waals surface area contributed by atoms with E-state index < -0.39 is 3.42 Å². The summed E-state index contributed by atoms with van der Waals surface area (Å²) in [7, 11) is 0. The van der Waals surface area contributed by atoms with Gasteiger partial charge >= 0.3 is 0 Å². The largest absolute Gasteiger partial charge is 0.504 e. The number of alkyl halides is 2. The maximum atomic E-state index is 9.31. The maximum Gasteiger partial charge on any atom is 0.215 e. The van der Waals surface area contributed by atoms with E-state index in [-0.39, 0.29) is 5.75 Å². The van der Waals surface area contributed by atoms with E-state index in [1.54, 1.807) is 31.2 Å². The molecule has 0 heterocycles. The zero-order valence-electron chi connectivity index (χ0n) is 6.42. The Bertz CT molecular complexity index is 268. The lowest BCUT2D eigenvalue weighted by Crippen LogP contribution is -2.14. The van der Waals surface area contributed by atoms with Gasteiger partial charge in [0.25, 0.3) is 0 Å². The lowest BCUT2D eigenvalue weighted by molar-refractivity contribution is 0.275. The molecule has 0 saturated carbocycles. The van der Waals surface area contributed by atoms with Crippen LogP contribution in [0, 0.1) is 0 Å². The second-order valence-corrected chi connectivity index (χ2v) is 6.47. The Hall–Kier alpha value is -0.220. The molecule has 2 nitrogen and oxygen atoms in total. The first kappa shape index (κ1) is 9.86. The molecule has 0 bridgehead atoms. The Labute approximate surface area is 87.8 Å². The Morgan fingerprint density at radius 1 is 1.33 bits per heavy atom. The molecule has 0 fully saturated rings. The minimum atomic E-state index is -0.640. The molecule has 0 aliphatic rings. The zero-order valence-corrected chi connectivity index (χ0v) is 9.59. The molecule has 0 aliphatic carbocycles. The Morgan fingerprint density at radius 3 is 2.42 bits per heavy atom.